The Hall–Kier alpha value is -0.660. The van der Waals surface area contributed by atoms with E-state index in [1.165, 1.54) is 4.31 Å². The van der Waals surface area contributed by atoms with Crippen molar-refractivity contribution in [1.29, 1.82) is 0 Å². The van der Waals surface area contributed by atoms with Gasteiger partial charge in [-0.2, -0.15) is 17.0 Å². The summed E-state index contributed by atoms with van der Waals surface area (Å²) in [6.07, 6.45) is 6.57. The zero-order valence-corrected chi connectivity index (χ0v) is 16.0. The van der Waals surface area contributed by atoms with Crippen molar-refractivity contribution in [3.8, 4) is 0 Å². The second-order valence-electron chi connectivity index (χ2n) is 7.49. The fraction of sp³-hybridized carbons (Fsp3) is 0.941. The summed E-state index contributed by atoms with van der Waals surface area (Å²) in [5, 5.41) is 2.97. The number of carbonyl (C=O) groups excluding carboxylic acids is 1. The predicted molar refractivity (Wildman–Crippen MR) is 95.7 cm³/mol. The molecule has 0 aliphatic carbocycles. The van der Waals surface area contributed by atoms with Crippen molar-refractivity contribution in [3.05, 3.63) is 0 Å². The smallest absolute Gasteiger partial charge is 0.281 e. The molecule has 2 heterocycles. The van der Waals surface area contributed by atoms with Crippen LogP contribution in [0.4, 0.5) is 0 Å². The Labute approximate surface area is 147 Å². The van der Waals surface area contributed by atoms with Crippen molar-refractivity contribution in [3.63, 3.8) is 0 Å². The molecule has 1 amide bonds. The third-order valence-corrected chi connectivity index (χ3v) is 7.00. The van der Waals surface area contributed by atoms with Crippen LogP contribution in [-0.4, -0.2) is 55.7 Å². The normalized spacial score (nSPS) is 24.7. The third-order valence-electron chi connectivity index (χ3n) is 4.99. The van der Waals surface area contributed by atoms with Gasteiger partial charge in [0.1, 0.15) is 0 Å². The van der Waals surface area contributed by atoms with Gasteiger partial charge in [0, 0.05) is 32.7 Å². The highest BCUT2D eigenvalue weighted by Crippen LogP contribution is 2.23. The molecule has 1 atom stereocenters. The van der Waals surface area contributed by atoms with E-state index in [9.17, 15) is 13.2 Å². The van der Waals surface area contributed by atoms with E-state index in [1.54, 1.807) is 4.31 Å². The third kappa shape index (κ3) is 5.43. The number of amides is 1. The molecule has 2 rings (SSSR count). The van der Waals surface area contributed by atoms with E-state index in [0.717, 1.165) is 44.9 Å². The molecular weight excluding hydrogens is 326 g/mol. The summed E-state index contributed by atoms with van der Waals surface area (Å²) in [4.78, 5) is 12.3. The molecule has 6 nitrogen and oxygen atoms in total. The van der Waals surface area contributed by atoms with Crippen LogP contribution in [0.25, 0.3) is 0 Å². The lowest BCUT2D eigenvalue weighted by Gasteiger charge is -2.34. The van der Waals surface area contributed by atoms with E-state index in [2.05, 4.69) is 19.2 Å². The second kappa shape index (κ2) is 9.15. The fourth-order valence-electron chi connectivity index (χ4n) is 3.43. The maximum Gasteiger partial charge on any atom is 0.281 e. The molecule has 7 heteroatoms. The van der Waals surface area contributed by atoms with Gasteiger partial charge in [-0.25, -0.2) is 0 Å². The van der Waals surface area contributed by atoms with Crippen molar-refractivity contribution < 1.29 is 13.2 Å². The molecule has 1 N–H and O–H groups in total. The first-order chi connectivity index (χ1) is 11.4. The number of piperidine rings is 1. The number of nitrogens with zero attached hydrogens (tertiary/aromatic N) is 2. The molecule has 0 bridgehead atoms. The highest BCUT2D eigenvalue weighted by atomic mass is 32.2. The van der Waals surface area contributed by atoms with Crippen LogP contribution in [0, 0.1) is 11.8 Å². The van der Waals surface area contributed by atoms with Gasteiger partial charge in [0.05, 0.1) is 5.92 Å². The molecule has 0 radical (unpaired) electrons. The Kier molecular flexibility index (Phi) is 7.50. The van der Waals surface area contributed by atoms with Crippen LogP contribution >= 0.6 is 0 Å². The second-order valence-corrected chi connectivity index (χ2v) is 9.42. The average Bonchev–Trinajstić information content (AvgIpc) is 2.84. The molecule has 0 spiro atoms. The van der Waals surface area contributed by atoms with E-state index in [1.807, 2.05) is 0 Å². The van der Waals surface area contributed by atoms with Crippen molar-refractivity contribution in [2.75, 3.05) is 32.7 Å². The summed E-state index contributed by atoms with van der Waals surface area (Å²) in [6, 6.07) is 0. The number of rotatable bonds is 6. The molecular formula is C17H33N3O3S. The maximum atomic E-state index is 12.9. The van der Waals surface area contributed by atoms with Crippen LogP contribution in [-0.2, 0) is 15.0 Å². The Morgan fingerprint density at radius 1 is 1.04 bits per heavy atom. The summed E-state index contributed by atoms with van der Waals surface area (Å²) < 4.78 is 28.9. The minimum atomic E-state index is -3.42. The molecule has 2 aliphatic heterocycles. The first-order valence-electron chi connectivity index (χ1n) is 9.44. The van der Waals surface area contributed by atoms with Crippen LogP contribution in [0.1, 0.15) is 58.8 Å². The van der Waals surface area contributed by atoms with Gasteiger partial charge in [0.2, 0.25) is 5.91 Å². The number of nitrogens with one attached hydrogen (secondary N) is 1. The quantitative estimate of drug-likeness (QED) is 0.788. The Morgan fingerprint density at radius 2 is 1.67 bits per heavy atom. The van der Waals surface area contributed by atoms with E-state index >= 15 is 0 Å². The van der Waals surface area contributed by atoms with E-state index < -0.39 is 10.2 Å². The van der Waals surface area contributed by atoms with E-state index in [4.69, 9.17) is 0 Å². The largest absolute Gasteiger partial charge is 0.356 e. The minimum absolute atomic E-state index is 0.00594. The summed E-state index contributed by atoms with van der Waals surface area (Å²) in [5.74, 6) is 0.343. The van der Waals surface area contributed by atoms with Crippen molar-refractivity contribution in [1.82, 2.24) is 13.9 Å². The molecule has 2 fully saturated rings. The summed E-state index contributed by atoms with van der Waals surface area (Å²) in [6.45, 7) is 7.02. The lowest BCUT2D eigenvalue weighted by molar-refractivity contribution is -0.126. The molecule has 1 unspecified atom stereocenters. The highest BCUT2D eigenvalue weighted by Gasteiger charge is 2.35. The zero-order chi connectivity index (χ0) is 17.6. The Morgan fingerprint density at radius 3 is 2.29 bits per heavy atom. The average molecular weight is 360 g/mol. The lowest BCUT2D eigenvalue weighted by atomic mass is 9.98. The molecule has 0 aromatic carbocycles. The number of hydrogen-bond acceptors (Lipinski definition) is 3. The predicted octanol–water partition coefficient (Wildman–Crippen LogP) is 1.98. The van der Waals surface area contributed by atoms with Gasteiger partial charge in [-0.05, 0) is 38.0 Å². The molecule has 2 aliphatic rings. The van der Waals surface area contributed by atoms with Crippen LogP contribution in [0.3, 0.4) is 0 Å². The highest BCUT2D eigenvalue weighted by molar-refractivity contribution is 7.86. The van der Waals surface area contributed by atoms with Gasteiger partial charge in [-0.1, -0.05) is 26.7 Å². The Balaban J connectivity index is 1.92. The van der Waals surface area contributed by atoms with E-state index in [-0.39, 0.29) is 11.8 Å². The van der Waals surface area contributed by atoms with E-state index in [0.29, 0.717) is 38.6 Å². The monoisotopic (exact) mass is 359 g/mol. The first-order valence-corrected chi connectivity index (χ1v) is 10.8. The first kappa shape index (κ1) is 19.7. The molecule has 0 aromatic heterocycles. The fourth-order valence-corrected chi connectivity index (χ4v) is 5.20. The van der Waals surface area contributed by atoms with Gasteiger partial charge >= 0.3 is 0 Å². The zero-order valence-electron chi connectivity index (χ0n) is 15.2. The van der Waals surface area contributed by atoms with Crippen LogP contribution in [0.15, 0.2) is 0 Å². The summed E-state index contributed by atoms with van der Waals surface area (Å²) >= 11 is 0. The van der Waals surface area contributed by atoms with Gasteiger partial charge in [-0.3, -0.25) is 4.79 Å². The van der Waals surface area contributed by atoms with Crippen LogP contribution < -0.4 is 5.32 Å². The molecule has 0 aromatic rings. The van der Waals surface area contributed by atoms with Crippen molar-refractivity contribution in [2.45, 2.75) is 58.8 Å². The lowest BCUT2D eigenvalue weighted by Crippen LogP contribution is -2.50. The molecule has 2 saturated heterocycles. The topological polar surface area (TPSA) is 69.7 Å². The number of hydrogen-bond donors (Lipinski definition) is 1. The van der Waals surface area contributed by atoms with Gasteiger partial charge in [-0.15, -0.1) is 0 Å². The standard InChI is InChI=1S/C17H33N3O3S/c1-15(2)9-10-18-17(21)16-8-7-13-20(14-16)24(22,23)19-11-5-3-4-6-12-19/h15-16H,3-14H2,1-2H3,(H,18,21). The van der Waals surface area contributed by atoms with Crippen molar-refractivity contribution >= 4 is 16.1 Å². The molecule has 24 heavy (non-hydrogen) atoms. The number of carbonyl (C=O) groups is 1. The van der Waals surface area contributed by atoms with Crippen molar-refractivity contribution in [2.24, 2.45) is 11.8 Å². The summed E-state index contributed by atoms with van der Waals surface area (Å²) in [7, 11) is -3.42. The maximum absolute atomic E-state index is 12.9. The summed E-state index contributed by atoms with van der Waals surface area (Å²) in [5.41, 5.74) is 0. The van der Waals surface area contributed by atoms with Gasteiger partial charge in [0.25, 0.3) is 10.2 Å². The van der Waals surface area contributed by atoms with Crippen LogP contribution in [0.2, 0.25) is 0 Å². The Bertz CT molecular complexity index is 499. The van der Waals surface area contributed by atoms with Gasteiger partial charge < -0.3 is 5.32 Å². The van der Waals surface area contributed by atoms with Gasteiger partial charge in [0.15, 0.2) is 0 Å². The van der Waals surface area contributed by atoms with Crippen LogP contribution in [0.5, 0.6) is 0 Å². The molecule has 140 valence electrons. The molecule has 0 saturated carbocycles. The SMILES string of the molecule is CC(C)CCNC(=O)C1CCCN(S(=O)(=O)N2CCCCCC2)C1. The minimum Gasteiger partial charge on any atom is -0.356 e.